The van der Waals surface area contributed by atoms with Gasteiger partial charge in [0.1, 0.15) is 5.82 Å². The van der Waals surface area contributed by atoms with Crippen molar-refractivity contribution in [1.29, 1.82) is 0 Å². The largest absolute Gasteiger partial charge is 0.399 e. The fraction of sp³-hybridized carbons (Fsp3) is 0.308. The first kappa shape index (κ1) is 14.5. The molecule has 0 bridgehead atoms. The number of sulfonamides is 1. The monoisotopic (exact) mass is 294 g/mol. The third-order valence-corrected chi connectivity index (χ3v) is 4.51. The molecule has 0 aliphatic carbocycles. The Kier molecular flexibility index (Phi) is 4.41. The smallest absolute Gasteiger partial charge is 0.240 e. The third-order valence-electron chi connectivity index (χ3n) is 2.97. The average molecular weight is 294 g/mol. The van der Waals surface area contributed by atoms with E-state index in [1.165, 1.54) is 6.07 Å². The van der Waals surface area contributed by atoms with Crippen LogP contribution in [0.15, 0.2) is 35.5 Å². The minimum absolute atomic E-state index is 0.249. The van der Waals surface area contributed by atoms with Crippen molar-refractivity contribution in [3.63, 3.8) is 0 Å². The first-order valence-electron chi connectivity index (χ1n) is 6.39. The quantitative estimate of drug-likeness (QED) is 0.694. The van der Waals surface area contributed by atoms with Gasteiger partial charge in [-0.3, -0.25) is 0 Å². The van der Waals surface area contributed by atoms with Crippen molar-refractivity contribution < 1.29 is 8.42 Å². The van der Waals surface area contributed by atoms with Crippen LogP contribution in [0.25, 0.3) is 0 Å². The summed E-state index contributed by atoms with van der Waals surface area (Å²) in [6.07, 6.45) is 4.48. The van der Waals surface area contributed by atoms with E-state index in [9.17, 15) is 8.42 Å². The van der Waals surface area contributed by atoms with Gasteiger partial charge in [-0.05, 0) is 24.1 Å². The van der Waals surface area contributed by atoms with E-state index in [0.29, 0.717) is 18.5 Å². The van der Waals surface area contributed by atoms with Crippen molar-refractivity contribution in [1.82, 2.24) is 14.7 Å². The maximum Gasteiger partial charge on any atom is 0.240 e. The Morgan fingerprint density at radius 2 is 2.20 bits per heavy atom. The molecule has 0 aliphatic rings. The second-order valence-electron chi connectivity index (χ2n) is 4.40. The molecule has 0 aliphatic heterocycles. The van der Waals surface area contributed by atoms with Crippen LogP contribution >= 0.6 is 0 Å². The van der Waals surface area contributed by atoms with Gasteiger partial charge in [-0.25, -0.2) is 18.1 Å². The van der Waals surface area contributed by atoms with E-state index < -0.39 is 10.0 Å². The summed E-state index contributed by atoms with van der Waals surface area (Å²) in [6.45, 7) is 2.20. The van der Waals surface area contributed by atoms with E-state index >= 15 is 0 Å². The van der Waals surface area contributed by atoms with Crippen LogP contribution in [-0.4, -0.2) is 24.9 Å². The van der Waals surface area contributed by atoms with Gasteiger partial charge in [0, 0.05) is 31.0 Å². The number of imidazole rings is 1. The predicted molar refractivity (Wildman–Crippen MR) is 77.7 cm³/mol. The summed E-state index contributed by atoms with van der Waals surface area (Å²) in [7, 11) is -3.55. The lowest BCUT2D eigenvalue weighted by Crippen LogP contribution is -2.27. The molecule has 1 aromatic carbocycles. The lowest BCUT2D eigenvalue weighted by atomic mass is 10.1. The summed E-state index contributed by atoms with van der Waals surface area (Å²) in [6, 6.07) is 4.95. The number of nitrogens with one attached hydrogen (secondary N) is 2. The number of benzene rings is 1. The van der Waals surface area contributed by atoms with Crippen molar-refractivity contribution in [2.45, 2.75) is 24.7 Å². The van der Waals surface area contributed by atoms with Crippen LogP contribution in [0.4, 0.5) is 5.69 Å². The molecule has 0 spiro atoms. The van der Waals surface area contributed by atoms with Gasteiger partial charge in [-0.1, -0.05) is 13.0 Å². The van der Waals surface area contributed by atoms with Gasteiger partial charge in [0.05, 0.1) is 4.90 Å². The zero-order chi connectivity index (χ0) is 14.6. The third kappa shape index (κ3) is 3.37. The van der Waals surface area contributed by atoms with Gasteiger partial charge in [-0.15, -0.1) is 0 Å². The highest BCUT2D eigenvalue weighted by molar-refractivity contribution is 7.89. The van der Waals surface area contributed by atoms with Crippen molar-refractivity contribution in [3.05, 3.63) is 42.0 Å². The molecule has 108 valence electrons. The van der Waals surface area contributed by atoms with E-state index in [2.05, 4.69) is 14.7 Å². The normalized spacial score (nSPS) is 11.7. The Bertz CT molecular complexity index is 666. The number of H-pyrrole nitrogens is 1. The number of nitrogens with zero attached hydrogens (tertiary/aromatic N) is 1. The first-order chi connectivity index (χ1) is 9.53. The topological polar surface area (TPSA) is 101 Å². The molecule has 0 unspecified atom stereocenters. The standard InChI is InChI=1S/C13H18N4O2S/c1-2-10-3-4-11(14)9-12(10)20(18,19)17-6-5-13-15-7-8-16-13/h3-4,7-9,17H,2,5-6,14H2,1H3,(H,15,16). The molecule has 20 heavy (non-hydrogen) atoms. The Labute approximate surface area is 118 Å². The van der Waals surface area contributed by atoms with Gasteiger partial charge in [0.25, 0.3) is 0 Å². The molecule has 1 heterocycles. The number of aromatic amines is 1. The highest BCUT2D eigenvalue weighted by Gasteiger charge is 2.17. The minimum atomic E-state index is -3.55. The second kappa shape index (κ2) is 6.06. The highest BCUT2D eigenvalue weighted by Crippen LogP contribution is 2.19. The number of rotatable bonds is 6. The number of anilines is 1. The van der Waals surface area contributed by atoms with Gasteiger partial charge < -0.3 is 10.7 Å². The van der Waals surface area contributed by atoms with Crippen molar-refractivity contribution in [3.8, 4) is 0 Å². The fourth-order valence-corrected chi connectivity index (χ4v) is 3.30. The van der Waals surface area contributed by atoms with Crippen molar-refractivity contribution >= 4 is 15.7 Å². The number of aryl methyl sites for hydroxylation is 1. The summed E-state index contributed by atoms with van der Waals surface area (Å²) in [5.41, 5.74) is 6.87. The SMILES string of the molecule is CCc1ccc(N)cc1S(=O)(=O)NCCc1ncc[nH]1. The lowest BCUT2D eigenvalue weighted by molar-refractivity contribution is 0.580. The maximum atomic E-state index is 12.3. The van der Waals surface area contributed by atoms with Crippen molar-refractivity contribution in [2.24, 2.45) is 0 Å². The Morgan fingerprint density at radius 3 is 2.85 bits per heavy atom. The van der Waals surface area contributed by atoms with Crippen LogP contribution in [0.1, 0.15) is 18.3 Å². The second-order valence-corrected chi connectivity index (χ2v) is 6.14. The van der Waals surface area contributed by atoms with Crippen molar-refractivity contribution in [2.75, 3.05) is 12.3 Å². The first-order valence-corrected chi connectivity index (χ1v) is 7.87. The van der Waals surface area contributed by atoms with Crippen LogP contribution in [0, 0.1) is 0 Å². The molecule has 0 saturated heterocycles. The molecular weight excluding hydrogens is 276 g/mol. The molecule has 7 heteroatoms. The number of nitrogens with two attached hydrogens (primary N) is 1. The fourth-order valence-electron chi connectivity index (χ4n) is 1.93. The van der Waals surface area contributed by atoms with Crippen LogP contribution in [0.2, 0.25) is 0 Å². The number of hydrogen-bond acceptors (Lipinski definition) is 4. The number of nitrogen functional groups attached to an aromatic ring is 1. The molecule has 0 radical (unpaired) electrons. The van der Waals surface area contributed by atoms with E-state index in [1.807, 2.05) is 6.92 Å². The molecule has 0 amide bonds. The molecule has 4 N–H and O–H groups in total. The highest BCUT2D eigenvalue weighted by atomic mass is 32.2. The Balaban J connectivity index is 2.11. The van der Waals surface area contributed by atoms with E-state index in [4.69, 9.17) is 5.73 Å². The summed E-state index contributed by atoms with van der Waals surface area (Å²) >= 11 is 0. The van der Waals surface area contributed by atoms with Crippen LogP contribution < -0.4 is 10.5 Å². The van der Waals surface area contributed by atoms with Crippen LogP contribution in [0.3, 0.4) is 0 Å². The molecule has 0 fully saturated rings. The number of aromatic nitrogens is 2. The summed E-state index contributed by atoms with van der Waals surface area (Å²) < 4.78 is 27.2. The maximum absolute atomic E-state index is 12.3. The predicted octanol–water partition coefficient (Wildman–Crippen LogP) is 1.08. The molecule has 2 rings (SSSR count). The Hall–Kier alpha value is -1.86. The van der Waals surface area contributed by atoms with Crippen LogP contribution in [0.5, 0.6) is 0 Å². The molecule has 6 nitrogen and oxygen atoms in total. The van der Waals surface area contributed by atoms with Gasteiger partial charge >= 0.3 is 0 Å². The average Bonchev–Trinajstić information content (AvgIpc) is 2.91. The molecule has 0 saturated carbocycles. The summed E-state index contributed by atoms with van der Waals surface area (Å²) in [5, 5.41) is 0. The molecule has 1 aromatic heterocycles. The Morgan fingerprint density at radius 1 is 1.40 bits per heavy atom. The zero-order valence-electron chi connectivity index (χ0n) is 11.3. The summed E-state index contributed by atoms with van der Waals surface area (Å²) in [5.74, 6) is 0.746. The summed E-state index contributed by atoms with van der Waals surface area (Å²) in [4.78, 5) is 7.22. The molecule has 0 atom stereocenters. The van der Waals surface area contributed by atoms with Gasteiger partial charge in [0.15, 0.2) is 0 Å². The van der Waals surface area contributed by atoms with Gasteiger partial charge in [0.2, 0.25) is 10.0 Å². The zero-order valence-corrected chi connectivity index (χ0v) is 12.1. The molecular formula is C13H18N4O2S. The van der Waals surface area contributed by atoms with E-state index in [0.717, 1.165) is 11.4 Å². The van der Waals surface area contributed by atoms with Crippen LogP contribution in [-0.2, 0) is 22.9 Å². The number of hydrogen-bond donors (Lipinski definition) is 3. The minimum Gasteiger partial charge on any atom is -0.399 e. The van der Waals surface area contributed by atoms with E-state index in [1.54, 1.807) is 24.5 Å². The van der Waals surface area contributed by atoms with Gasteiger partial charge in [-0.2, -0.15) is 0 Å². The lowest BCUT2D eigenvalue weighted by Gasteiger charge is -2.11. The molecule has 2 aromatic rings. The van der Waals surface area contributed by atoms with E-state index in [-0.39, 0.29) is 11.4 Å².